The molecule has 0 saturated heterocycles. The molecule has 5 rings (SSSR count). The number of hydrogen-bond acceptors (Lipinski definition) is 5. The molecule has 0 fully saturated rings. The molecule has 9 heteroatoms. The van der Waals surface area contributed by atoms with E-state index in [1.54, 1.807) is 6.33 Å². The van der Waals surface area contributed by atoms with E-state index in [1.807, 2.05) is 18.3 Å². The van der Waals surface area contributed by atoms with Gasteiger partial charge in [0.1, 0.15) is 17.8 Å². The van der Waals surface area contributed by atoms with E-state index in [4.69, 9.17) is 5.14 Å². The number of nitrogens with one attached hydrogen (secondary N) is 2. The number of benzene rings is 1. The fraction of sp³-hybridized carbons (Fsp3) is 0.333. The molecule has 30 heavy (non-hydrogen) atoms. The lowest BCUT2D eigenvalue weighted by atomic mass is 10.1. The summed E-state index contributed by atoms with van der Waals surface area (Å²) in [6.07, 6.45) is 10.7. The van der Waals surface area contributed by atoms with Crippen LogP contribution in [-0.4, -0.2) is 29.5 Å². The van der Waals surface area contributed by atoms with Crippen molar-refractivity contribution >= 4 is 27.1 Å². The van der Waals surface area contributed by atoms with Crippen LogP contribution in [0.2, 0.25) is 0 Å². The van der Waals surface area contributed by atoms with E-state index in [9.17, 15) is 8.42 Å². The largest absolute Gasteiger partial charge is 0.363 e. The number of rotatable bonds is 6. The Hall–Kier alpha value is -2.75. The van der Waals surface area contributed by atoms with Crippen molar-refractivity contribution in [2.75, 3.05) is 11.9 Å². The first-order chi connectivity index (χ1) is 14.5. The summed E-state index contributed by atoms with van der Waals surface area (Å²) in [5, 5.41) is 9.64. The minimum atomic E-state index is -3.68. The molecule has 8 nitrogen and oxygen atoms in total. The molecule has 2 aromatic heterocycles. The fourth-order valence-corrected chi connectivity index (χ4v) is 5.01. The maximum atomic E-state index is 11.1. The summed E-state index contributed by atoms with van der Waals surface area (Å²) < 4.78 is 26.8. The first kappa shape index (κ1) is 19.2. The first-order valence-corrected chi connectivity index (χ1v) is 11.6. The average molecular weight is 425 g/mol. The van der Waals surface area contributed by atoms with Gasteiger partial charge in [-0.3, -0.25) is 0 Å². The SMILES string of the molecule is NS(=O)(=O)NC[C@H]1C=C[C@H](n2ccc3c(N[C@H]4CCc5ccccc54)ncnc32)C1. The summed E-state index contributed by atoms with van der Waals surface area (Å²) in [5.41, 5.74) is 3.61. The lowest BCUT2D eigenvalue weighted by Gasteiger charge is -2.17. The molecular weight excluding hydrogens is 400 g/mol. The van der Waals surface area contributed by atoms with Crippen LogP contribution in [0.1, 0.15) is 36.1 Å². The van der Waals surface area contributed by atoms with Gasteiger partial charge in [0.15, 0.2) is 0 Å². The Morgan fingerprint density at radius 1 is 1.17 bits per heavy atom. The van der Waals surface area contributed by atoms with E-state index in [1.165, 1.54) is 11.1 Å². The standard InChI is InChI=1S/C21H24N6O2S/c22-30(28,29)25-12-14-5-7-16(11-14)27-10-9-18-20(23-13-24-21(18)27)26-19-8-6-15-3-1-2-4-17(15)19/h1-5,7,9-10,13-14,16,19,25H,6,8,11-12H2,(H2,22,28,29)(H,23,24,26)/t14-,16-,19-/m0/s1. The molecule has 0 bridgehead atoms. The number of nitrogens with zero attached hydrogens (tertiary/aromatic N) is 3. The number of allylic oxidation sites excluding steroid dienone is 1. The fourth-order valence-electron chi connectivity index (χ4n) is 4.56. The highest BCUT2D eigenvalue weighted by atomic mass is 32.2. The molecular formula is C21H24N6O2S. The zero-order valence-corrected chi connectivity index (χ0v) is 17.2. The topological polar surface area (TPSA) is 115 Å². The highest BCUT2D eigenvalue weighted by molar-refractivity contribution is 7.87. The van der Waals surface area contributed by atoms with E-state index in [0.717, 1.165) is 36.1 Å². The van der Waals surface area contributed by atoms with Crippen LogP contribution in [0.15, 0.2) is 55.0 Å². The van der Waals surface area contributed by atoms with Crippen molar-refractivity contribution in [2.45, 2.75) is 31.3 Å². The molecule has 3 aromatic rings. The quantitative estimate of drug-likeness (QED) is 0.526. The lowest BCUT2D eigenvalue weighted by Crippen LogP contribution is -2.34. The van der Waals surface area contributed by atoms with Crippen molar-refractivity contribution in [2.24, 2.45) is 11.1 Å². The van der Waals surface area contributed by atoms with Gasteiger partial charge >= 0.3 is 0 Å². The highest BCUT2D eigenvalue weighted by Crippen LogP contribution is 2.36. The molecule has 0 unspecified atom stereocenters. The summed E-state index contributed by atoms with van der Waals surface area (Å²) in [4.78, 5) is 9.03. The van der Waals surface area contributed by atoms with Crippen molar-refractivity contribution < 1.29 is 8.42 Å². The Morgan fingerprint density at radius 2 is 2.03 bits per heavy atom. The molecule has 4 N–H and O–H groups in total. The third-order valence-corrected chi connectivity index (χ3v) is 6.58. The smallest absolute Gasteiger partial charge is 0.274 e. The molecule has 3 atom stereocenters. The van der Waals surface area contributed by atoms with Crippen LogP contribution in [-0.2, 0) is 16.6 Å². The Kier molecular flexibility index (Phi) is 4.80. The second kappa shape index (κ2) is 7.50. The zero-order valence-electron chi connectivity index (χ0n) is 16.4. The lowest BCUT2D eigenvalue weighted by molar-refractivity contribution is 0.502. The van der Waals surface area contributed by atoms with Gasteiger partial charge in [-0.1, -0.05) is 36.4 Å². The molecule has 2 aliphatic carbocycles. The third kappa shape index (κ3) is 3.71. The molecule has 2 heterocycles. The number of fused-ring (bicyclic) bond motifs is 2. The third-order valence-electron chi connectivity index (χ3n) is 6.01. The van der Waals surface area contributed by atoms with Crippen LogP contribution in [0, 0.1) is 5.92 Å². The first-order valence-electron chi connectivity index (χ1n) is 10.1. The number of hydrogen-bond donors (Lipinski definition) is 3. The van der Waals surface area contributed by atoms with Gasteiger partial charge in [0.2, 0.25) is 0 Å². The minimum absolute atomic E-state index is 0.0974. The summed E-state index contributed by atoms with van der Waals surface area (Å²) in [7, 11) is -3.68. The maximum absolute atomic E-state index is 11.1. The van der Waals surface area contributed by atoms with Gasteiger partial charge in [0, 0.05) is 12.7 Å². The summed E-state index contributed by atoms with van der Waals surface area (Å²) >= 11 is 0. The van der Waals surface area contributed by atoms with Crippen molar-refractivity contribution in [3.63, 3.8) is 0 Å². The second-order valence-corrected chi connectivity index (χ2v) is 9.34. The summed E-state index contributed by atoms with van der Waals surface area (Å²) in [6.45, 7) is 0.300. The zero-order chi connectivity index (χ0) is 20.7. The van der Waals surface area contributed by atoms with Gasteiger partial charge in [-0.2, -0.15) is 8.42 Å². The van der Waals surface area contributed by atoms with Crippen molar-refractivity contribution in [3.8, 4) is 0 Å². The van der Waals surface area contributed by atoms with E-state index in [0.29, 0.717) is 6.54 Å². The predicted molar refractivity (Wildman–Crippen MR) is 116 cm³/mol. The van der Waals surface area contributed by atoms with Crippen LogP contribution in [0.5, 0.6) is 0 Å². The number of aromatic nitrogens is 3. The summed E-state index contributed by atoms with van der Waals surface area (Å²) in [5.74, 6) is 0.940. The predicted octanol–water partition coefficient (Wildman–Crippen LogP) is 2.44. The van der Waals surface area contributed by atoms with Gasteiger partial charge < -0.3 is 9.88 Å². The Morgan fingerprint density at radius 3 is 2.90 bits per heavy atom. The van der Waals surface area contributed by atoms with Crippen LogP contribution in [0.4, 0.5) is 5.82 Å². The van der Waals surface area contributed by atoms with Crippen molar-refractivity contribution in [1.29, 1.82) is 0 Å². The highest BCUT2D eigenvalue weighted by Gasteiger charge is 2.25. The molecule has 0 saturated carbocycles. The van der Waals surface area contributed by atoms with E-state index in [-0.39, 0.29) is 18.0 Å². The minimum Gasteiger partial charge on any atom is -0.363 e. The monoisotopic (exact) mass is 424 g/mol. The number of anilines is 1. The molecule has 1 aromatic carbocycles. The van der Waals surface area contributed by atoms with Crippen molar-refractivity contribution in [1.82, 2.24) is 19.3 Å². The normalized spacial score (nSPS) is 23.2. The van der Waals surface area contributed by atoms with E-state index < -0.39 is 10.2 Å². The van der Waals surface area contributed by atoms with E-state index in [2.05, 4.69) is 54.9 Å². The number of aryl methyl sites for hydroxylation is 1. The summed E-state index contributed by atoms with van der Waals surface area (Å²) in [6, 6.07) is 11.0. The molecule has 156 valence electrons. The molecule has 2 aliphatic rings. The van der Waals surface area contributed by atoms with Crippen molar-refractivity contribution in [3.05, 3.63) is 66.1 Å². The molecule has 0 spiro atoms. The average Bonchev–Trinajstić information content (AvgIpc) is 3.44. The van der Waals surface area contributed by atoms with Gasteiger partial charge in [-0.15, -0.1) is 0 Å². The van der Waals surface area contributed by atoms with Gasteiger partial charge in [-0.25, -0.2) is 19.8 Å². The molecule has 0 radical (unpaired) electrons. The Labute approximate surface area is 175 Å². The Bertz CT molecular complexity index is 1220. The van der Waals surface area contributed by atoms with Gasteiger partial charge in [-0.05, 0) is 42.4 Å². The van der Waals surface area contributed by atoms with Crippen LogP contribution < -0.4 is 15.2 Å². The number of nitrogens with two attached hydrogens (primary N) is 1. The van der Waals surface area contributed by atoms with E-state index >= 15 is 0 Å². The Balaban J connectivity index is 1.35. The second-order valence-electron chi connectivity index (χ2n) is 7.96. The maximum Gasteiger partial charge on any atom is 0.274 e. The molecule has 0 aliphatic heterocycles. The van der Waals surface area contributed by atoms with Crippen LogP contribution >= 0.6 is 0 Å². The van der Waals surface area contributed by atoms with Gasteiger partial charge in [0.25, 0.3) is 10.2 Å². The molecule has 0 amide bonds. The van der Waals surface area contributed by atoms with Crippen LogP contribution in [0.3, 0.4) is 0 Å². The van der Waals surface area contributed by atoms with Crippen LogP contribution in [0.25, 0.3) is 11.0 Å². The van der Waals surface area contributed by atoms with Gasteiger partial charge in [0.05, 0.1) is 17.5 Å².